The van der Waals surface area contributed by atoms with Crippen molar-refractivity contribution in [1.29, 1.82) is 0 Å². The predicted octanol–water partition coefficient (Wildman–Crippen LogP) is 5.29. The molecule has 0 spiro atoms. The first-order valence-electron chi connectivity index (χ1n) is 9.47. The quantitative estimate of drug-likeness (QED) is 0.603. The lowest BCUT2D eigenvalue weighted by Gasteiger charge is -2.14. The highest BCUT2D eigenvalue weighted by Crippen LogP contribution is 2.22. The van der Waals surface area contributed by atoms with Gasteiger partial charge in [-0.2, -0.15) is 0 Å². The Morgan fingerprint density at radius 3 is 2.03 bits per heavy atom. The van der Waals surface area contributed by atoms with Crippen molar-refractivity contribution in [2.24, 2.45) is 0 Å². The van der Waals surface area contributed by atoms with E-state index in [2.05, 4.69) is 10.6 Å². The summed E-state index contributed by atoms with van der Waals surface area (Å²) in [5, 5.41) is 5.72. The fourth-order valence-electron chi connectivity index (χ4n) is 2.84. The molecule has 0 aliphatic rings. The molecule has 2 amide bonds. The fraction of sp³-hybridized carbons (Fsp3) is 0.167. The lowest BCUT2D eigenvalue weighted by molar-refractivity contribution is 0.101. The van der Waals surface area contributed by atoms with Crippen LogP contribution in [0, 0.1) is 6.92 Å². The molecule has 2 N–H and O–H groups in total. The monoisotopic (exact) mass is 388 g/mol. The van der Waals surface area contributed by atoms with E-state index in [0.717, 1.165) is 5.56 Å². The average Bonchev–Trinajstić information content (AvgIpc) is 2.69. The first-order valence-corrected chi connectivity index (χ1v) is 9.47. The Labute approximate surface area is 170 Å². The molecule has 5 heteroatoms. The van der Waals surface area contributed by atoms with Crippen LogP contribution in [0.15, 0.2) is 72.8 Å². The van der Waals surface area contributed by atoms with E-state index < -0.39 is 0 Å². The van der Waals surface area contributed by atoms with E-state index in [4.69, 9.17) is 4.74 Å². The van der Waals surface area contributed by atoms with Gasteiger partial charge in [-0.3, -0.25) is 9.59 Å². The van der Waals surface area contributed by atoms with Crippen LogP contribution in [0.3, 0.4) is 0 Å². The van der Waals surface area contributed by atoms with Gasteiger partial charge in [-0.1, -0.05) is 29.8 Å². The zero-order valence-electron chi connectivity index (χ0n) is 16.7. The Kier molecular flexibility index (Phi) is 6.29. The van der Waals surface area contributed by atoms with Gasteiger partial charge in [0.15, 0.2) is 0 Å². The van der Waals surface area contributed by atoms with Gasteiger partial charge >= 0.3 is 0 Å². The van der Waals surface area contributed by atoms with Gasteiger partial charge in [-0.25, -0.2) is 0 Å². The molecule has 3 rings (SSSR count). The van der Waals surface area contributed by atoms with Gasteiger partial charge in [0.05, 0.1) is 11.7 Å². The van der Waals surface area contributed by atoms with Gasteiger partial charge in [-0.15, -0.1) is 0 Å². The number of anilines is 2. The number of carbonyl (C=O) groups excluding carboxylic acids is 2. The van der Waals surface area contributed by atoms with Gasteiger partial charge in [-0.05, 0) is 69.3 Å². The number of amides is 2. The molecule has 29 heavy (non-hydrogen) atoms. The number of aryl methyl sites for hydroxylation is 1. The molecule has 0 bridgehead atoms. The molecule has 0 radical (unpaired) electrons. The minimum atomic E-state index is -0.252. The molecule has 0 saturated carbocycles. The van der Waals surface area contributed by atoms with E-state index in [-0.39, 0.29) is 17.9 Å². The number of nitrogens with one attached hydrogen (secondary N) is 2. The molecule has 3 aromatic carbocycles. The third-order valence-corrected chi connectivity index (χ3v) is 4.18. The largest absolute Gasteiger partial charge is 0.490 e. The summed E-state index contributed by atoms with van der Waals surface area (Å²) >= 11 is 0. The molecular weight excluding hydrogens is 364 g/mol. The van der Waals surface area contributed by atoms with Crippen LogP contribution in [0.25, 0.3) is 0 Å². The molecule has 0 aliphatic carbocycles. The Morgan fingerprint density at radius 1 is 0.793 bits per heavy atom. The van der Waals surface area contributed by atoms with Gasteiger partial charge in [0, 0.05) is 16.9 Å². The zero-order valence-corrected chi connectivity index (χ0v) is 16.7. The molecule has 0 atom stereocenters. The lowest BCUT2D eigenvalue weighted by atomic mass is 10.1. The van der Waals surface area contributed by atoms with Gasteiger partial charge in [0.2, 0.25) is 0 Å². The maximum Gasteiger partial charge on any atom is 0.259 e. The summed E-state index contributed by atoms with van der Waals surface area (Å²) in [6.07, 6.45) is -0.0275. The summed E-state index contributed by atoms with van der Waals surface area (Å²) in [7, 11) is 0. The molecule has 148 valence electrons. The van der Waals surface area contributed by atoms with Crippen molar-refractivity contribution in [3.05, 3.63) is 89.5 Å². The summed E-state index contributed by atoms with van der Waals surface area (Å²) in [6, 6.07) is 21.5. The SMILES string of the molecule is Cc1cccc(C(=O)Nc2ccc(NC(=O)c3ccccc3OC(C)C)cc2)c1. The van der Waals surface area contributed by atoms with E-state index >= 15 is 0 Å². The van der Waals surface area contributed by atoms with Crippen molar-refractivity contribution >= 4 is 23.2 Å². The number of ether oxygens (including phenoxy) is 1. The van der Waals surface area contributed by atoms with Crippen molar-refractivity contribution in [3.63, 3.8) is 0 Å². The highest BCUT2D eigenvalue weighted by atomic mass is 16.5. The van der Waals surface area contributed by atoms with Gasteiger partial charge in [0.25, 0.3) is 11.8 Å². The smallest absolute Gasteiger partial charge is 0.259 e. The van der Waals surface area contributed by atoms with Crippen LogP contribution < -0.4 is 15.4 Å². The van der Waals surface area contributed by atoms with Crippen LogP contribution >= 0.6 is 0 Å². The van der Waals surface area contributed by atoms with E-state index in [1.165, 1.54) is 0 Å². The third-order valence-electron chi connectivity index (χ3n) is 4.18. The highest BCUT2D eigenvalue weighted by Gasteiger charge is 2.13. The van der Waals surface area contributed by atoms with E-state index in [1.807, 2.05) is 45.0 Å². The second-order valence-corrected chi connectivity index (χ2v) is 7.02. The Balaban J connectivity index is 1.66. The molecule has 3 aromatic rings. The van der Waals surface area contributed by atoms with Crippen LogP contribution in [-0.2, 0) is 0 Å². The minimum absolute atomic E-state index is 0.0275. The number of carbonyl (C=O) groups is 2. The zero-order chi connectivity index (χ0) is 20.8. The number of benzene rings is 3. The normalized spacial score (nSPS) is 10.5. The Morgan fingerprint density at radius 2 is 1.41 bits per heavy atom. The topological polar surface area (TPSA) is 67.4 Å². The molecule has 0 fully saturated rings. The summed E-state index contributed by atoms with van der Waals surface area (Å²) in [5.74, 6) is 0.116. The van der Waals surface area contributed by atoms with Gasteiger partial charge in [0.1, 0.15) is 5.75 Å². The highest BCUT2D eigenvalue weighted by molar-refractivity contribution is 6.07. The predicted molar refractivity (Wildman–Crippen MR) is 116 cm³/mol. The maximum atomic E-state index is 12.6. The summed E-state index contributed by atoms with van der Waals surface area (Å²) < 4.78 is 5.71. The third kappa shape index (κ3) is 5.45. The Bertz CT molecular complexity index is 1010. The molecule has 0 aliphatic heterocycles. The second kappa shape index (κ2) is 9.06. The number of rotatable bonds is 6. The van der Waals surface area contributed by atoms with Crippen molar-refractivity contribution in [1.82, 2.24) is 0 Å². The first-order chi connectivity index (χ1) is 13.9. The maximum absolute atomic E-state index is 12.6. The van der Waals surface area contributed by atoms with Crippen molar-refractivity contribution in [2.45, 2.75) is 26.9 Å². The van der Waals surface area contributed by atoms with Crippen molar-refractivity contribution < 1.29 is 14.3 Å². The Hall–Kier alpha value is -3.60. The standard InChI is InChI=1S/C24H24N2O3/c1-16(2)29-22-10-5-4-9-21(22)24(28)26-20-13-11-19(12-14-20)25-23(27)18-8-6-7-17(3)15-18/h4-16H,1-3H3,(H,25,27)(H,26,28). The first kappa shape index (κ1) is 20.1. The van der Waals surface area contributed by atoms with Crippen LogP contribution in [0.1, 0.15) is 40.1 Å². The molecule has 5 nitrogen and oxygen atoms in total. The molecule has 0 unspecified atom stereocenters. The number of hydrogen-bond donors (Lipinski definition) is 2. The average molecular weight is 388 g/mol. The summed E-state index contributed by atoms with van der Waals surface area (Å²) in [5.41, 5.74) is 3.38. The molecular formula is C24H24N2O3. The van der Waals surface area contributed by atoms with E-state index in [0.29, 0.717) is 28.3 Å². The lowest BCUT2D eigenvalue weighted by Crippen LogP contribution is -2.16. The van der Waals surface area contributed by atoms with Crippen LogP contribution in [0.5, 0.6) is 5.75 Å². The molecule has 0 saturated heterocycles. The van der Waals surface area contributed by atoms with Crippen molar-refractivity contribution in [2.75, 3.05) is 10.6 Å². The van der Waals surface area contributed by atoms with E-state index in [1.54, 1.807) is 48.5 Å². The fourth-order valence-corrected chi connectivity index (χ4v) is 2.84. The second-order valence-electron chi connectivity index (χ2n) is 7.02. The van der Waals surface area contributed by atoms with E-state index in [9.17, 15) is 9.59 Å². The summed E-state index contributed by atoms with van der Waals surface area (Å²) in [4.78, 5) is 25.0. The van der Waals surface area contributed by atoms with Crippen LogP contribution in [0.2, 0.25) is 0 Å². The number of hydrogen-bond acceptors (Lipinski definition) is 3. The van der Waals surface area contributed by atoms with Crippen LogP contribution in [0.4, 0.5) is 11.4 Å². The van der Waals surface area contributed by atoms with Gasteiger partial charge < -0.3 is 15.4 Å². The summed E-state index contributed by atoms with van der Waals surface area (Å²) in [6.45, 7) is 5.77. The van der Waals surface area contributed by atoms with Crippen LogP contribution in [-0.4, -0.2) is 17.9 Å². The molecule has 0 aromatic heterocycles. The van der Waals surface area contributed by atoms with Crippen molar-refractivity contribution in [3.8, 4) is 5.75 Å². The minimum Gasteiger partial charge on any atom is -0.490 e. The number of para-hydroxylation sites is 1. The molecule has 0 heterocycles.